The summed E-state index contributed by atoms with van der Waals surface area (Å²) in [5, 5.41) is 6.80. The van der Waals surface area contributed by atoms with Gasteiger partial charge in [-0.25, -0.2) is 0 Å². The van der Waals surface area contributed by atoms with Crippen molar-refractivity contribution in [3.05, 3.63) is 0 Å². The molecule has 23 heavy (non-hydrogen) atoms. The topological polar surface area (TPSA) is 44.4 Å². The molecule has 4 aliphatic rings. The molecule has 2 aliphatic heterocycles. The van der Waals surface area contributed by atoms with Gasteiger partial charge in [0, 0.05) is 31.6 Å². The molecule has 2 aliphatic carbocycles. The second-order valence-electron chi connectivity index (χ2n) is 8.60. The van der Waals surface area contributed by atoms with Crippen LogP contribution in [-0.4, -0.2) is 49.6 Å². The first-order valence-electron chi connectivity index (χ1n) is 9.99. The molecule has 130 valence electrons. The summed E-state index contributed by atoms with van der Waals surface area (Å²) in [5.74, 6) is 1.63. The molecule has 2 N–H and O–H groups in total. The standard InChI is InChI=1S/C19H33N3O/c23-18(17-13-19(17)7-9-20-10-8-19)21-16-5-11-22(12-6-16)14-15-3-1-2-4-15/h15-17,20H,1-14H2,(H,21,23). The van der Waals surface area contributed by atoms with Crippen LogP contribution >= 0.6 is 0 Å². The molecule has 0 aromatic rings. The van der Waals surface area contributed by atoms with Crippen LogP contribution in [0.1, 0.15) is 57.8 Å². The van der Waals surface area contributed by atoms with Crippen LogP contribution in [0, 0.1) is 17.3 Å². The van der Waals surface area contributed by atoms with E-state index in [-0.39, 0.29) is 0 Å². The minimum absolute atomic E-state index is 0.320. The lowest BCUT2D eigenvalue weighted by atomic mass is 9.91. The molecule has 2 saturated carbocycles. The van der Waals surface area contributed by atoms with E-state index in [0.717, 1.165) is 38.3 Å². The summed E-state index contributed by atoms with van der Waals surface area (Å²) in [6.07, 6.45) is 11.6. The van der Waals surface area contributed by atoms with E-state index in [2.05, 4.69) is 15.5 Å². The Bertz CT molecular complexity index is 418. The number of hydrogen-bond donors (Lipinski definition) is 2. The van der Waals surface area contributed by atoms with Gasteiger partial charge in [0.25, 0.3) is 0 Å². The van der Waals surface area contributed by atoms with Gasteiger partial charge in [-0.2, -0.15) is 0 Å². The molecule has 0 bridgehead atoms. The molecule has 4 fully saturated rings. The minimum atomic E-state index is 0.320. The fourth-order valence-electron chi connectivity index (χ4n) is 5.32. The highest BCUT2D eigenvalue weighted by atomic mass is 16.2. The first-order chi connectivity index (χ1) is 11.3. The number of hydrogen-bond acceptors (Lipinski definition) is 3. The number of nitrogens with one attached hydrogen (secondary N) is 2. The van der Waals surface area contributed by atoms with Gasteiger partial charge < -0.3 is 15.5 Å². The Morgan fingerprint density at radius 1 is 1.09 bits per heavy atom. The van der Waals surface area contributed by atoms with Crippen LogP contribution in [0.15, 0.2) is 0 Å². The van der Waals surface area contributed by atoms with Crippen molar-refractivity contribution >= 4 is 5.91 Å². The number of carbonyl (C=O) groups is 1. The predicted molar refractivity (Wildman–Crippen MR) is 92.2 cm³/mol. The van der Waals surface area contributed by atoms with E-state index in [1.54, 1.807) is 0 Å². The summed E-state index contributed by atoms with van der Waals surface area (Å²) >= 11 is 0. The highest BCUT2D eigenvalue weighted by Crippen LogP contribution is 2.58. The number of nitrogens with zero attached hydrogens (tertiary/aromatic N) is 1. The third-order valence-corrected chi connectivity index (χ3v) is 7.03. The molecular weight excluding hydrogens is 286 g/mol. The average Bonchev–Trinajstić information content (AvgIpc) is 3.02. The van der Waals surface area contributed by atoms with Crippen molar-refractivity contribution in [1.29, 1.82) is 0 Å². The van der Waals surface area contributed by atoms with Crippen molar-refractivity contribution in [2.24, 2.45) is 17.3 Å². The number of likely N-dealkylation sites (tertiary alicyclic amines) is 1. The van der Waals surface area contributed by atoms with Crippen LogP contribution in [0.4, 0.5) is 0 Å². The summed E-state index contributed by atoms with van der Waals surface area (Å²) in [6.45, 7) is 5.87. The zero-order valence-electron chi connectivity index (χ0n) is 14.5. The third kappa shape index (κ3) is 3.58. The smallest absolute Gasteiger partial charge is 0.223 e. The number of rotatable bonds is 4. The Labute approximate surface area is 140 Å². The maximum Gasteiger partial charge on any atom is 0.223 e. The molecule has 1 amide bonds. The van der Waals surface area contributed by atoms with E-state index >= 15 is 0 Å². The zero-order valence-corrected chi connectivity index (χ0v) is 14.5. The summed E-state index contributed by atoms with van der Waals surface area (Å²) in [5.41, 5.74) is 0.374. The second kappa shape index (κ2) is 6.72. The zero-order chi connectivity index (χ0) is 15.7. The van der Waals surface area contributed by atoms with E-state index in [9.17, 15) is 4.79 Å². The van der Waals surface area contributed by atoms with E-state index < -0.39 is 0 Å². The summed E-state index contributed by atoms with van der Waals surface area (Å²) in [7, 11) is 0. The Hall–Kier alpha value is -0.610. The summed E-state index contributed by atoms with van der Waals surface area (Å²) in [6, 6.07) is 0.432. The minimum Gasteiger partial charge on any atom is -0.353 e. The molecule has 1 unspecified atom stereocenters. The lowest BCUT2D eigenvalue weighted by molar-refractivity contribution is -0.124. The van der Waals surface area contributed by atoms with Gasteiger partial charge in [0.05, 0.1) is 0 Å². The number of carbonyl (C=O) groups excluding carboxylic acids is 1. The van der Waals surface area contributed by atoms with E-state index in [1.807, 2.05) is 0 Å². The van der Waals surface area contributed by atoms with Crippen molar-refractivity contribution in [3.8, 4) is 0 Å². The molecule has 2 saturated heterocycles. The molecule has 0 aromatic heterocycles. The highest BCUT2D eigenvalue weighted by Gasteiger charge is 2.57. The van der Waals surface area contributed by atoms with Crippen LogP contribution in [-0.2, 0) is 4.79 Å². The van der Waals surface area contributed by atoms with Crippen molar-refractivity contribution in [2.75, 3.05) is 32.7 Å². The third-order valence-electron chi connectivity index (χ3n) is 7.03. The molecule has 0 aromatic carbocycles. The van der Waals surface area contributed by atoms with Crippen molar-refractivity contribution in [2.45, 2.75) is 63.8 Å². The Morgan fingerprint density at radius 3 is 2.48 bits per heavy atom. The van der Waals surface area contributed by atoms with Crippen LogP contribution < -0.4 is 10.6 Å². The van der Waals surface area contributed by atoms with E-state index in [0.29, 0.717) is 23.3 Å². The van der Waals surface area contributed by atoms with Crippen molar-refractivity contribution in [3.63, 3.8) is 0 Å². The quantitative estimate of drug-likeness (QED) is 0.834. The lowest BCUT2D eigenvalue weighted by Gasteiger charge is -2.34. The number of piperidine rings is 2. The molecule has 1 atom stereocenters. The Balaban J connectivity index is 1.18. The van der Waals surface area contributed by atoms with Crippen LogP contribution in [0.3, 0.4) is 0 Å². The Morgan fingerprint density at radius 2 is 1.78 bits per heavy atom. The fourth-order valence-corrected chi connectivity index (χ4v) is 5.32. The van der Waals surface area contributed by atoms with Gasteiger partial charge in [-0.3, -0.25) is 4.79 Å². The maximum absolute atomic E-state index is 12.6. The van der Waals surface area contributed by atoms with Gasteiger partial charge in [0.1, 0.15) is 0 Å². The molecule has 2 heterocycles. The largest absolute Gasteiger partial charge is 0.353 e. The van der Waals surface area contributed by atoms with Crippen LogP contribution in [0.25, 0.3) is 0 Å². The summed E-state index contributed by atoms with van der Waals surface area (Å²) < 4.78 is 0. The predicted octanol–water partition coefficient (Wildman–Crippen LogP) is 2.15. The molecule has 4 nitrogen and oxygen atoms in total. The normalized spacial score (nSPS) is 32.3. The molecule has 4 rings (SSSR count). The van der Waals surface area contributed by atoms with Crippen LogP contribution in [0.5, 0.6) is 0 Å². The monoisotopic (exact) mass is 319 g/mol. The first kappa shape index (κ1) is 15.9. The highest BCUT2D eigenvalue weighted by molar-refractivity contribution is 5.82. The molecular formula is C19H33N3O. The Kier molecular flexibility index (Phi) is 4.64. The molecule has 4 heteroatoms. The van der Waals surface area contributed by atoms with Gasteiger partial charge in [-0.15, -0.1) is 0 Å². The molecule has 0 radical (unpaired) electrons. The van der Waals surface area contributed by atoms with Gasteiger partial charge in [0.2, 0.25) is 5.91 Å². The van der Waals surface area contributed by atoms with Gasteiger partial charge in [-0.1, -0.05) is 12.8 Å². The number of amides is 1. The van der Waals surface area contributed by atoms with Gasteiger partial charge in [-0.05, 0) is 69.4 Å². The van der Waals surface area contributed by atoms with Gasteiger partial charge in [0.15, 0.2) is 0 Å². The van der Waals surface area contributed by atoms with Crippen LogP contribution in [0.2, 0.25) is 0 Å². The van der Waals surface area contributed by atoms with E-state index in [1.165, 1.54) is 58.2 Å². The first-order valence-corrected chi connectivity index (χ1v) is 9.99. The van der Waals surface area contributed by atoms with Crippen molar-refractivity contribution in [1.82, 2.24) is 15.5 Å². The molecule has 1 spiro atoms. The lowest BCUT2D eigenvalue weighted by Crippen LogP contribution is -2.46. The summed E-state index contributed by atoms with van der Waals surface area (Å²) in [4.78, 5) is 15.2. The second-order valence-corrected chi connectivity index (χ2v) is 8.60. The van der Waals surface area contributed by atoms with Crippen molar-refractivity contribution < 1.29 is 4.79 Å². The SMILES string of the molecule is O=C(NC1CCN(CC2CCCC2)CC1)C1CC12CCNCC2. The maximum atomic E-state index is 12.6. The van der Waals surface area contributed by atoms with E-state index in [4.69, 9.17) is 0 Å². The average molecular weight is 319 g/mol. The van der Waals surface area contributed by atoms with Gasteiger partial charge >= 0.3 is 0 Å². The fraction of sp³-hybridized carbons (Fsp3) is 0.947.